The smallest absolute Gasteiger partial charge is 0.242 e. The molecule has 1 heterocycles. The van der Waals surface area contributed by atoms with Gasteiger partial charge < -0.3 is 16.0 Å². The Bertz CT molecular complexity index is 463. The van der Waals surface area contributed by atoms with Crippen LogP contribution in [0, 0.1) is 0 Å². The van der Waals surface area contributed by atoms with Gasteiger partial charge in [-0.3, -0.25) is 4.79 Å². The van der Waals surface area contributed by atoms with E-state index in [2.05, 4.69) is 41.8 Å². The molecule has 104 valence electrons. The molecular formula is C12H18BrN5O. The summed E-state index contributed by atoms with van der Waals surface area (Å²) in [6, 6.07) is 0.0317. The molecule has 1 atom stereocenters. The molecule has 0 aromatic carbocycles. The molecule has 1 aliphatic rings. The summed E-state index contributed by atoms with van der Waals surface area (Å²) < 4.78 is 0.736. The van der Waals surface area contributed by atoms with Crippen LogP contribution in [0.25, 0.3) is 0 Å². The maximum Gasteiger partial charge on any atom is 0.242 e. The van der Waals surface area contributed by atoms with Gasteiger partial charge in [-0.05, 0) is 42.6 Å². The van der Waals surface area contributed by atoms with E-state index in [0.717, 1.165) is 23.9 Å². The van der Waals surface area contributed by atoms with E-state index >= 15 is 0 Å². The fourth-order valence-corrected chi connectivity index (χ4v) is 1.84. The van der Waals surface area contributed by atoms with Crippen molar-refractivity contribution in [1.29, 1.82) is 0 Å². The van der Waals surface area contributed by atoms with Crippen molar-refractivity contribution in [3.05, 3.63) is 10.7 Å². The van der Waals surface area contributed by atoms with Gasteiger partial charge in [-0.2, -0.15) is 4.98 Å². The largest absolute Gasteiger partial charge is 0.358 e. The van der Waals surface area contributed by atoms with Crippen molar-refractivity contribution >= 4 is 33.6 Å². The maximum atomic E-state index is 11.9. The minimum Gasteiger partial charge on any atom is -0.358 e. The molecule has 0 saturated heterocycles. The van der Waals surface area contributed by atoms with Gasteiger partial charge in [-0.25, -0.2) is 4.98 Å². The molecule has 1 fully saturated rings. The molecule has 7 heteroatoms. The molecule has 1 amide bonds. The molecule has 3 N–H and O–H groups in total. The highest BCUT2D eigenvalue weighted by atomic mass is 79.9. The topological polar surface area (TPSA) is 78.9 Å². The second-order valence-corrected chi connectivity index (χ2v) is 5.42. The Hall–Kier alpha value is -1.37. The summed E-state index contributed by atoms with van der Waals surface area (Å²) in [6.07, 6.45) is 3.83. The lowest BCUT2D eigenvalue weighted by Gasteiger charge is -2.15. The average Bonchev–Trinajstić information content (AvgIpc) is 3.17. The lowest BCUT2D eigenvalue weighted by Crippen LogP contribution is -2.39. The van der Waals surface area contributed by atoms with E-state index in [4.69, 9.17) is 0 Å². The van der Waals surface area contributed by atoms with Gasteiger partial charge in [0, 0.05) is 18.8 Å². The van der Waals surface area contributed by atoms with Crippen molar-refractivity contribution in [3.8, 4) is 0 Å². The fraction of sp³-hybridized carbons (Fsp3) is 0.583. The zero-order valence-corrected chi connectivity index (χ0v) is 12.6. The first-order valence-electron chi connectivity index (χ1n) is 6.43. The average molecular weight is 328 g/mol. The number of carbonyl (C=O) groups excluding carboxylic acids is 1. The van der Waals surface area contributed by atoms with Gasteiger partial charge in [0.2, 0.25) is 11.9 Å². The number of anilines is 2. The van der Waals surface area contributed by atoms with Crippen LogP contribution >= 0.6 is 15.9 Å². The SMILES string of the molecule is CCNc1ncc(Br)c(NC(C)C(=O)NC2CC2)n1. The standard InChI is InChI=1S/C12H18BrN5O/c1-3-14-12-15-6-9(13)10(18-12)16-7(2)11(19)17-8-4-5-8/h6-8H,3-5H2,1-2H3,(H,17,19)(H2,14,15,16,18). The highest BCUT2D eigenvalue weighted by Crippen LogP contribution is 2.22. The van der Waals surface area contributed by atoms with E-state index in [-0.39, 0.29) is 11.9 Å². The van der Waals surface area contributed by atoms with Gasteiger partial charge in [0.1, 0.15) is 11.9 Å². The molecule has 6 nitrogen and oxygen atoms in total. The normalized spacial score (nSPS) is 15.7. The number of hydrogen-bond acceptors (Lipinski definition) is 5. The Kier molecular flexibility index (Phi) is 4.57. The molecule has 0 bridgehead atoms. The Morgan fingerprint density at radius 3 is 2.95 bits per heavy atom. The number of nitrogens with zero attached hydrogens (tertiary/aromatic N) is 2. The van der Waals surface area contributed by atoms with Gasteiger partial charge in [0.05, 0.1) is 4.47 Å². The first kappa shape index (κ1) is 14.0. The third-order valence-electron chi connectivity index (χ3n) is 2.75. The predicted molar refractivity (Wildman–Crippen MR) is 78.1 cm³/mol. The van der Waals surface area contributed by atoms with E-state index in [1.54, 1.807) is 6.20 Å². The van der Waals surface area contributed by atoms with Gasteiger partial charge in [-0.1, -0.05) is 0 Å². The molecule has 1 aromatic heterocycles. The Balaban J connectivity index is 1.99. The predicted octanol–water partition coefficient (Wildman–Crippen LogP) is 1.75. The summed E-state index contributed by atoms with van der Waals surface area (Å²) in [5.74, 6) is 1.16. The molecule has 1 saturated carbocycles. The number of hydrogen-bond donors (Lipinski definition) is 3. The number of nitrogens with one attached hydrogen (secondary N) is 3. The summed E-state index contributed by atoms with van der Waals surface area (Å²) in [6.45, 7) is 4.54. The summed E-state index contributed by atoms with van der Waals surface area (Å²) in [5.41, 5.74) is 0. The molecule has 1 unspecified atom stereocenters. The van der Waals surface area contributed by atoms with Crippen LogP contribution < -0.4 is 16.0 Å². The lowest BCUT2D eigenvalue weighted by molar-refractivity contribution is -0.121. The van der Waals surface area contributed by atoms with E-state index in [9.17, 15) is 4.79 Å². The number of amides is 1. The van der Waals surface area contributed by atoms with E-state index in [1.165, 1.54) is 0 Å². The monoisotopic (exact) mass is 327 g/mol. The van der Waals surface area contributed by atoms with Crippen LogP contribution in [0.2, 0.25) is 0 Å². The molecule has 2 rings (SSSR count). The van der Waals surface area contributed by atoms with Gasteiger partial charge in [-0.15, -0.1) is 0 Å². The number of rotatable bonds is 6. The van der Waals surface area contributed by atoms with Crippen LogP contribution in [0.15, 0.2) is 10.7 Å². The quantitative estimate of drug-likeness (QED) is 0.741. The highest BCUT2D eigenvalue weighted by molar-refractivity contribution is 9.10. The molecule has 0 spiro atoms. The van der Waals surface area contributed by atoms with Gasteiger partial charge >= 0.3 is 0 Å². The third kappa shape index (κ3) is 4.05. The zero-order valence-electron chi connectivity index (χ0n) is 11.0. The van der Waals surface area contributed by atoms with Crippen LogP contribution in [-0.2, 0) is 4.79 Å². The second kappa shape index (κ2) is 6.18. The lowest BCUT2D eigenvalue weighted by atomic mass is 10.3. The van der Waals surface area contributed by atoms with Crippen molar-refractivity contribution in [1.82, 2.24) is 15.3 Å². The van der Waals surface area contributed by atoms with Crippen LogP contribution in [-0.4, -0.2) is 34.5 Å². The minimum atomic E-state index is -0.332. The number of aromatic nitrogens is 2. The third-order valence-corrected chi connectivity index (χ3v) is 3.33. The van der Waals surface area contributed by atoms with Crippen molar-refractivity contribution in [2.45, 2.75) is 38.8 Å². The van der Waals surface area contributed by atoms with Crippen LogP contribution in [0.3, 0.4) is 0 Å². The molecule has 1 aromatic rings. The number of carbonyl (C=O) groups is 1. The Morgan fingerprint density at radius 1 is 1.58 bits per heavy atom. The molecule has 19 heavy (non-hydrogen) atoms. The molecule has 0 radical (unpaired) electrons. The maximum absolute atomic E-state index is 11.9. The summed E-state index contributed by atoms with van der Waals surface area (Å²) in [4.78, 5) is 20.3. The van der Waals surface area contributed by atoms with Crippen molar-refractivity contribution in [2.75, 3.05) is 17.2 Å². The Morgan fingerprint density at radius 2 is 2.32 bits per heavy atom. The van der Waals surface area contributed by atoms with Gasteiger partial charge in [0.15, 0.2) is 0 Å². The van der Waals surface area contributed by atoms with Crippen LogP contribution in [0.1, 0.15) is 26.7 Å². The number of halogens is 1. The zero-order chi connectivity index (χ0) is 13.8. The summed E-state index contributed by atoms with van der Waals surface area (Å²) >= 11 is 3.38. The molecular weight excluding hydrogens is 310 g/mol. The molecule has 1 aliphatic carbocycles. The first-order valence-corrected chi connectivity index (χ1v) is 7.22. The summed E-state index contributed by atoms with van der Waals surface area (Å²) in [7, 11) is 0. The van der Waals surface area contributed by atoms with Crippen LogP contribution in [0.5, 0.6) is 0 Å². The molecule has 0 aliphatic heterocycles. The van der Waals surface area contributed by atoms with Crippen molar-refractivity contribution < 1.29 is 4.79 Å². The van der Waals surface area contributed by atoms with Crippen molar-refractivity contribution in [3.63, 3.8) is 0 Å². The summed E-state index contributed by atoms with van der Waals surface area (Å²) in [5, 5.41) is 9.09. The fourth-order valence-electron chi connectivity index (χ4n) is 1.54. The van der Waals surface area contributed by atoms with Crippen LogP contribution in [0.4, 0.5) is 11.8 Å². The van der Waals surface area contributed by atoms with Crippen molar-refractivity contribution in [2.24, 2.45) is 0 Å². The Labute approximate surface area is 120 Å². The van der Waals surface area contributed by atoms with Gasteiger partial charge in [0.25, 0.3) is 0 Å². The first-order chi connectivity index (χ1) is 9.10. The van der Waals surface area contributed by atoms with E-state index in [1.807, 2.05) is 13.8 Å². The second-order valence-electron chi connectivity index (χ2n) is 4.57. The minimum absolute atomic E-state index is 0.00184. The van der Waals surface area contributed by atoms with E-state index < -0.39 is 0 Å². The highest BCUT2D eigenvalue weighted by Gasteiger charge is 2.25. The van der Waals surface area contributed by atoms with E-state index in [0.29, 0.717) is 17.8 Å².